The molecule has 0 unspecified atom stereocenters. The van der Waals surface area contributed by atoms with Crippen molar-refractivity contribution in [3.63, 3.8) is 0 Å². The van der Waals surface area contributed by atoms with Crippen LogP contribution in [0.2, 0.25) is 0 Å². The van der Waals surface area contributed by atoms with Gasteiger partial charge in [0.1, 0.15) is 5.75 Å². The highest BCUT2D eigenvalue weighted by Crippen LogP contribution is 2.24. The van der Waals surface area contributed by atoms with Gasteiger partial charge in [0.2, 0.25) is 5.91 Å². The van der Waals surface area contributed by atoms with E-state index in [-0.39, 0.29) is 18.0 Å². The van der Waals surface area contributed by atoms with Crippen molar-refractivity contribution >= 4 is 17.6 Å². The number of hydrogen-bond donors (Lipinski definition) is 1. The summed E-state index contributed by atoms with van der Waals surface area (Å²) in [7, 11) is 0. The molecule has 1 aromatic rings. The number of benzene rings is 1. The van der Waals surface area contributed by atoms with Gasteiger partial charge >= 0.3 is 6.03 Å². The van der Waals surface area contributed by atoms with Gasteiger partial charge in [0.25, 0.3) is 0 Å². The van der Waals surface area contributed by atoms with Gasteiger partial charge in [-0.2, -0.15) is 0 Å². The van der Waals surface area contributed by atoms with Crippen LogP contribution in [0, 0.1) is 5.92 Å². The molecule has 1 aromatic carbocycles. The molecule has 3 amide bonds. The third kappa shape index (κ3) is 4.24. The number of carbonyl (C=O) groups is 2. The van der Waals surface area contributed by atoms with Crippen LogP contribution in [0.1, 0.15) is 33.1 Å². The van der Waals surface area contributed by atoms with Gasteiger partial charge in [-0.15, -0.1) is 0 Å². The Hall–Kier alpha value is -2.24. The zero-order valence-electron chi connectivity index (χ0n) is 15.0. The molecule has 0 spiro atoms. The molecule has 0 saturated carbocycles. The number of likely N-dealkylation sites (tertiary alicyclic amines) is 1. The molecule has 2 heterocycles. The second-order valence-corrected chi connectivity index (χ2v) is 6.95. The van der Waals surface area contributed by atoms with Crippen molar-refractivity contribution in [2.45, 2.75) is 39.2 Å². The molecule has 0 aromatic heterocycles. The van der Waals surface area contributed by atoms with Crippen molar-refractivity contribution in [1.29, 1.82) is 0 Å². The monoisotopic (exact) mass is 345 g/mol. The third-order valence-corrected chi connectivity index (χ3v) is 4.98. The first-order valence-electron chi connectivity index (χ1n) is 9.15. The van der Waals surface area contributed by atoms with Gasteiger partial charge in [-0.3, -0.25) is 4.79 Å². The van der Waals surface area contributed by atoms with E-state index in [0.29, 0.717) is 25.5 Å². The summed E-state index contributed by atoms with van der Waals surface area (Å²) in [6, 6.07) is 7.34. The maximum absolute atomic E-state index is 12.4. The lowest BCUT2D eigenvalue weighted by Crippen LogP contribution is -2.48. The van der Waals surface area contributed by atoms with E-state index in [2.05, 4.69) is 12.2 Å². The van der Waals surface area contributed by atoms with Crippen LogP contribution in [0.4, 0.5) is 10.5 Å². The number of nitrogens with zero attached hydrogens (tertiary/aromatic N) is 2. The molecule has 2 aliphatic rings. The Labute approximate surface area is 149 Å². The lowest BCUT2D eigenvalue weighted by atomic mass is 10.00. The Morgan fingerprint density at radius 2 is 1.92 bits per heavy atom. The molecule has 0 bridgehead atoms. The fourth-order valence-corrected chi connectivity index (χ4v) is 3.42. The van der Waals surface area contributed by atoms with Gasteiger partial charge in [0, 0.05) is 31.7 Å². The third-order valence-electron chi connectivity index (χ3n) is 4.98. The minimum absolute atomic E-state index is 0.0433. The zero-order valence-corrected chi connectivity index (χ0v) is 15.0. The summed E-state index contributed by atoms with van der Waals surface area (Å²) in [6.45, 7) is 6.90. The molecule has 6 nitrogen and oxygen atoms in total. The summed E-state index contributed by atoms with van der Waals surface area (Å²) in [4.78, 5) is 28.3. The van der Waals surface area contributed by atoms with Crippen LogP contribution in [0.25, 0.3) is 0 Å². The zero-order chi connectivity index (χ0) is 17.8. The number of anilines is 1. The fourth-order valence-electron chi connectivity index (χ4n) is 3.42. The van der Waals surface area contributed by atoms with Crippen LogP contribution in [0.5, 0.6) is 5.75 Å². The number of hydrogen-bond acceptors (Lipinski definition) is 3. The van der Waals surface area contributed by atoms with Crippen molar-refractivity contribution in [2.24, 2.45) is 5.92 Å². The van der Waals surface area contributed by atoms with Gasteiger partial charge < -0.3 is 19.9 Å². The predicted octanol–water partition coefficient (Wildman–Crippen LogP) is 2.63. The normalized spacial score (nSPS) is 21.5. The maximum atomic E-state index is 12.4. The molecule has 3 rings (SSSR count). The van der Waals surface area contributed by atoms with E-state index in [9.17, 15) is 9.59 Å². The maximum Gasteiger partial charge on any atom is 0.317 e. The van der Waals surface area contributed by atoms with Crippen molar-refractivity contribution in [3.8, 4) is 5.75 Å². The molecule has 1 N–H and O–H groups in total. The first-order chi connectivity index (χ1) is 12.1. The van der Waals surface area contributed by atoms with Crippen molar-refractivity contribution in [2.75, 3.05) is 31.1 Å². The van der Waals surface area contributed by atoms with E-state index in [0.717, 1.165) is 37.4 Å². The molecule has 2 saturated heterocycles. The van der Waals surface area contributed by atoms with Gasteiger partial charge in [-0.1, -0.05) is 6.92 Å². The van der Waals surface area contributed by atoms with Crippen LogP contribution in [0.15, 0.2) is 24.3 Å². The lowest BCUT2D eigenvalue weighted by molar-refractivity contribution is -0.117. The average Bonchev–Trinajstić information content (AvgIpc) is 2.96. The predicted molar refractivity (Wildman–Crippen MR) is 96.9 cm³/mol. The standard InChI is InChI=1S/C19H27N3O3/c1-3-25-17-6-4-16(5-7-17)22-13-15(12-18(22)23)20-19(24)21-10-8-14(2)9-11-21/h4-7,14-15H,3,8-13H2,1-2H3,(H,20,24)/t15-/m1/s1. The fraction of sp³-hybridized carbons (Fsp3) is 0.579. The van der Waals surface area contributed by atoms with E-state index in [1.54, 1.807) is 4.90 Å². The Kier molecular flexibility index (Phi) is 5.46. The van der Waals surface area contributed by atoms with Gasteiger partial charge in [0.05, 0.1) is 12.6 Å². The summed E-state index contributed by atoms with van der Waals surface area (Å²) in [5.74, 6) is 1.52. The lowest BCUT2D eigenvalue weighted by Gasteiger charge is -2.31. The summed E-state index contributed by atoms with van der Waals surface area (Å²) in [5, 5.41) is 3.03. The van der Waals surface area contributed by atoms with Crippen LogP contribution in [-0.2, 0) is 4.79 Å². The Balaban J connectivity index is 1.55. The van der Waals surface area contributed by atoms with Gasteiger partial charge in [0.15, 0.2) is 0 Å². The van der Waals surface area contributed by atoms with Crippen molar-refractivity contribution < 1.29 is 14.3 Å². The molecular weight excluding hydrogens is 318 g/mol. The number of nitrogens with one attached hydrogen (secondary N) is 1. The van der Waals surface area contributed by atoms with Crippen molar-refractivity contribution in [3.05, 3.63) is 24.3 Å². The molecule has 136 valence electrons. The molecular formula is C19H27N3O3. The molecule has 1 atom stereocenters. The molecule has 25 heavy (non-hydrogen) atoms. The number of urea groups is 1. The van der Waals surface area contributed by atoms with Crippen LogP contribution >= 0.6 is 0 Å². The Bertz CT molecular complexity index is 609. The highest BCUT2D eigenvalue weighted by molar-refractivity contribution is 5.96. The van der Waals surface area contributed by atoms with E-state index in [1.807, 2.05) is 36.1 Å². The van der Waals surface area contributed by atoms with E-state index >= 15 is 0 Å². The van der Waals surface area contributed by atoms with E-state index in [4.69, 9.17) is 4.74 Å². The minimum Gasteiger partial charge on any atom is -0.494 e. The highest BCUT2D eigenvalue weighted by atomic mass is 16.5. The number of ether oxygens (including phenoxy) is 1. The quantitative estimate of drug-likeness (QED) is 0.912. The SMILES string of the molecule is CCOc1ccc(N2C[C@H](NC(=O)N3CCC(C)CC3)CC2=O)cc1. The number of amides is 3. The Morgan fingerprint density at radius 3 is 2.56 bits per heavy atom. The number of piperidine rings is 1. The van der Waals surface area contributed by atoms with Gasteiger partial charge in [-0.05, 0) is 49.9 Å². The van der Waals surface area contributed by atoms with E-state index < -0.39 is 0 Å². The molecule has 0 aliphatic carbocycles. The topological polar surface area (TPSA) is 61.9 Å². The van der Waals surface area contributed by atoms with Crippen LogP contribution in [-0.4, -0.2) is 49.1 Å². The smallest absolute Gasteiger partial charge is 0.317 e. The molecule has 2 aliphatic heterocycles. The first-order valence-corrected chi connectivity index (χ1v) is 9.15. The molecule has 6 heteroatoms. The largest absolute Gasteiger partial charge is 0.494 e. The minimum atomic E-state index is -0.133. The summed E-state index contributed by atoms with van der Waals surface area (Å²) in [6.07, 6.45) is 2.45. The average molecular weight is 345 g/mol. The second kappa shape index (κ2) is 7.76. The molecule has 2 fully saturated rings. The van der Waals surface area contributed by atoms with E-state index in [1.165, 1.54) is 0 Å². The first kappa shape index (κ1) is 17.6. The summed E-state index contributed by atoms with van der Waals surface area (Å²) < 4.78 is 5.43. The van der Waals surface area contributed by atoms with Crippen LogP contribution < -0.4 is 15.0 Å². The summed E-state index contributed by atoms with van der Waals surface area (Å²) in [5.41, 5.74) is 0.844. The highest BCUT2D eigenvalue weighted by Gasteiger charge is 2.33. The molecule has 0 radical (unpaired) electrons. The van der Waals surface area contributed by atoms with Gasteiger partial charge in [-0.25, -0.2) is 4.79 Å². The van der Waals surface area contributed by atoms with Crippen LogP contribution in [0.3, 0.4) is 0 Å². The number of rotatable bonds is 4. The Morgan fingerprint density at radius 1 is 1.24 bits per heavy atom. The van der Waals surface area contributed by atoms with Crippen molar-refractivity contribution in [1.82, 2.24) is 10.2 Å². The summed E-state index contributed by atoms with van der Waals surface area (Å²) >= 11 is 0. The number of carbonyl (C=O) groups excluding carboxylic acids is 2. The second-order valence-electron chi connectivity index (χ2n) is 6.95.